The Morgan fingerprint density at radius 2 is 2.16 bits per heavy atom. The summed E-state index contributed by atoms with van der Waals surface area (Å²) in [5.41, 5.74) is 1.19. The molecule has 3 aromatic rings. The summed E-state index contributed by atoms with van der Waals surface area (Å²) in [6.07, 6.45) is 1.30. The molecule has 0 bridgehead atoms. The second-order valence-electron chi connectivity index (χ2n) is 5.54. The smallest absolute Gasteiger partial charge is 0.265 e. The summed E-state index contributed by atoms with van der Waals surface area (Å²) in [7, 11) is 1.51. The molecule has 0 radical (unpaired) electrons. The van der Waals surface area contributed by atoms with E-state index in [1.54, 1.807) is 32.0 Å². The average Bonchev–Trinajstić information content (AvgIpc) is 2.85. The predicted molar refractivity (Wildman–Crippen MR) is 94.4 cm³/mol. The van der Waals surface area contributed by atoms with Crippen LogP contribution in [-0.2, 0) is 11.3 Å². The number of halogens is 1. The fourth-order valence-electron chi connectivity index (χ4n) is 2.48. The molecule has 0 aliphatic heterocycles. The van der Waals surface area contributed by atoms with Crippen LogP contribution in [0, 0.1) is 13.8 Å². The van der Waals surface area contributed by atoms with Crippen LogP contribution in [0.2, 0.25) is 5.02 Å². The summed E-state index contributed by atoms with van der Waals surface area (Å²) in [5, 5.41) is 3.46. The third kappa shape index (κ3) is 3.23. The summed E-state index contributed by atoms with van der Waals surface area (Å²) in [6.45, 7) is 3.38. The fraction of sp³-hybridized carbons (Fsp3) is 0.235. The number of ether oxygens (including phenoxy) is 1. The van der Waals surface area contributed by atoms with E-state index in [-0.39, 0.29) is 23.7 Å². The van der Waals surface area contributed by atoms with Crippen molar-refractivity contribution in [3.05, 3.63) is 51.2 Å². The van der Waals surface area contributed by atoms with E-state index < -0.39 is 0 Å². The molecule has 0 fully saturated rings. The molecule has 130 valence electrons. The molecule has 3 rings (SSSR count). The maximum atomic E-state index is 12.5. The van der Waals surface area contributed by atoms with E-state index in [1.807, 2.05) is 0 Å². The molecule has 0 saturated heterocycles. The highest BCUT2D eigenvalue weighted by molar-refractivity contribution is 6.32. The number of methoxy groups -OCH3 is 1. The average molecular weight is 362 g/mol. The van der Waals surface area contributed by atoms with E-state index >= 15 is 0 Å². The van der Waals surface area contributed by atoms with E-state index in [9.17, 15) is 9.59 Å². The molecule has 7 nitrogen and oxygen atoms in total. The quantitative estimate of drug-likeness (QED) is 0.772. The molecule has 0 unspecified atom stereocenters. The molecule has 0 aliphatic carbocycles. The van der Waals surface area contributed by atoms with Crippen LogP contribution in [0.15, 0.2) is 33.7 Å². The fourth-order valence-corrected chi connectivity index (χ4v) is 2.74. The molecule has 1 N–H and O–H groups in total. The molecule has 1 aromatic carbocycles. The minimum Gasteiger partial charge on any atom is -0.495 e. The first-order valence-corrected chi connectivity index (χ1v) is 7.87. The van der Waals surface area contributed by atoms with Crippen LogP contribution >= 0.6 is 11.6 Å². The van der Waals surface area contributed by atoms with Crippen molar-refractivity contribution in [3.63, 3.8) is 0 Å². The number of carbonyl (C=O) groups is 1. The number of fused-ring (bicyclic) bond motifs is 1. The van der Waals surface area contributed by atoms with Gasteiger partial charge < -0.3 is 14.5 Å². The third-order valence-corrected chi connectivity index (χ3v) is 4.20. The number of hydrogen-bond acceptors (Lipinski definition) is 5. The van der Waals surface area contributed by atoms with E-state index in [0.29, 0.717) is 27.6 Å². The zero-order valence-electron chi connectivity index (χ0n) is 13.9. The molecule has 2 heterocycles. The van der Waals surface area contributed by atoms with E-state index in [2.05, 4.69) is 10.3 Å². The van der Waals surface area contributed by atoms with Gasteiger partial charge in [0.25, 0.3) is 5.56 Å². The van der Waals surface area contributed by atoms with Gasteiger partial charge in [-0.15, -0.1) is 0 Å². The second-order valence-corrected chi connectivity index (χ2v) is 5.95. The number of anilines is 1. The Kier molecular flexibility index (Phi) is 4.50. The number of benzene rings is 1. The Morgan fingerprint density at radius 3 is 2.84 bits per heavy atom. The summed E-state index contributed by atoms with van der Waals surface area (Å²) in [5.74, 6) is 0.772. The van der Waals surface area contributed by atoms with Gasteiger partial charge in [0.2, 0.25) is 11.6 Å². The summed E-state index contributed by atoms with van der Waals surface area (Å²) in [4.78, 5) is 28.9. The first-order valence-electron chi connectivity index (χ1n) is 7.49. The van der Waals surface area contributed by atoms with Gasteiger partial charge in [0, 0.05) is 11.3 Å². The lowest BCUT2D eigenvalue weighted by atomic mass is 10.2. The zero-order chi connectivity index (χ0) is 18.1. The molecule has 0 atom stereocenters. The normalized spacial score (nSPS) is 10.9. The molecule has 25 heavy (non-hydrogen) atoms. The third-order valence-electron chi connectivity index (χ3n) is 3.91. The van der Waals surface area contributed by atoms with Crippen LogP contribution in [0.3, 0.4) is 0 Å². The van der Waals surface area contributed by atoms with E-state index in [4.69, 9.17) is 20.8 Å². The van der Waals surface area contributed by atoms with Gasteiger partial charge in [-0.25, -0.2) is 4.98 Å². The molecule has 0 saturated carbocycles. The number of nitrogens with zero attached hydrogens (tertiary/aromatic N) is 2. The highest BCUT2D eigenvalue weighted by Gasteiger charge is 2.15. The van der Waals surface area contributed by atoms with Crippen molar-refractivity contribution in [3.8, 4) is 5.75 Å². The number of amides is 1. The van der Waals surface area contributed by atoms with Crippen molar-refractivity contribution in [1.82, 2.24) is 9.55 Å². The van der Waals surface area contributed by atoms with Crippen LogP contribution in [0.25, 0.3) is 11.1 Å². The van der Waals surface area contributed by atoms with Crippen LogP contribution in [0.1, 0.15) is 11.3 Å². The molecular formula is C17H16ClN3O4. The van der Waals surface area contributed by atoms with Gasteiger partial charge in [-0.1, -0.05) is 11.6 Å². The molecule has 0 spiro atoms. The number of rotatable bonds is 4. The SMILES string of the molecule is COc1ccc(NC(=O)Cn2cnc3oc(C)c(C)c3c2=O)cc1Cl. The first kappa shape index (κ1) is 17.0. The van der Waals surface area contributed by atoms with Gasteiger partial charge in [-0.2, -0.15) is 0 Å². The van der Waals surface area contributed by atoms with Crippen molar-refractivity contribution in [2.45, 2.75) is 20.4 Å². The van der Waals surface area contributed by atoms with Crippen molar-refractivity contribution in [1.29, 1.82) is 0 Å². The maximum Gasteiger partial charge on any atom is 0.265 e. The first-order chi connectivity index (χ1) is 11.9. The highest BCUT2D eigenvalue weighted by Crippen LogP contribution is 2.27. The van der Waals surface area contributed by atoms with Gasteiger partial charge in [-0.3, -0.25) is 14.2 Å². The Bertz CT molecular complexity index is 1020. The Morgan fingerprint density at radius 1 is 1.40 bits per heavy atom. The number of hydrogen-bond donors (Lipinski definition) is 1. The molecule has 2 aromatic heterocycles. The standard InChI is InChI=1S/C17H16ClN3O4/c1-9-10(2)25-16-15(9)17(23)21(8-19-16)7-14(22)20-11-4-5-13(24-3)12(18)6-11/h4-6,8H,7H2,1-3H3,(H,20,22). The van der Waals surface area contributed by atoms with Crippen LogP contribution < -0.4 is 15.6 Å². The Labute approximate surface area is 148 Å². The van der Waals surface area contributed by atoms with E-state index in [1.165, 1.54) is 18.0 Å². The predicted octanol–water partition coefficient (Wildman–Crippen LogP) is 2.91. The van der Waals surface area contributed by atoms with Crippen LogP contribution in [-0.4, -0.2) is 22.6 Å². The van der Waals surface area contributed by atoms with Gasteiger partial charge >= 0.3 is 0 Å². The lowest BCUT2D eigenvalue weighted by molar-refractivity contribution is -0.116. The Balaban J connectivity index is 1.82. The molecular weight excluding hydrogens is 346 g/mol. The lowest BCUT2D eigenvalue weighted by Crippen LogP contribution is -2.27. The minimum atomic E-state index is -0.373. The van der Waals surface area contributed by atoms with Crippen molar-refractivity contribution in [2.24, 2.45) is 0 Å². The van der Waals surface area contributed by atoms with Crippen LogP contribution in [0.5, 0.6) is 5.75 Å². The number of nitrogens with one attached hydrogen (secondary N) is 1. The number of furan rings is 1. The van der Waals surface area contributed by atoms with Gasteiger partial charge in [-0.05, 0) is 32.0 Å². The molecule has 1 amide bonds. The van der Waals surface area contributed by atoms with Crippen LogP contribution in [0.4, 0.5) is 5.69 Å². The zero-order valence-corrected chi connectivity index (χ0v) is 14.7. The Hall–Kier alpha value is -2.80. The van der Waals surface area contributed by atoms with Gasteiger partial charge in [0.15, 0.2) is 0 Å². The topological polar surface area (TPSA) is 86.4 Å². The number of aryl methyl sites for hydroxylation is 2. The highest BCUT2D eigenvalue weighted by atomic mass is 35.5. The van der Waals surface area contributed by atoms with Gasteiger partial charge in [0.1, 0.15) is 29.8 Å². The van der Waals surface area contributed by atoms with Crippen molar-refractivity contribution in [2.75, 3.05) is 12.4 Å². The summed E-state index contributed by atoms with van der Waals surface area (Å²) in [6, 6.07) is 4.89. The van der Waals surface area contributed by atoms with E-state index in [0.717, 1.165) is 5.56 Å². The number of carbonyl (C=O) groups excluding carboxylic acids is 1. The van der Waals surface area contributed by atoms with Crippen molar-refractivity contribution >= 4 is 34.3 Å². The van der Waals surface area contributed by atoms with Gasteiger partial charge in [0.05, 0.1) is 12.1 Å². The number of aromatic nitrogens is 2. The lowest BCUT2D eigenvalue weighted by Gasteiger charge is -2.09. The van der Waals surface area contributed by atoms with Crippen molar-refractivity contribution < 1.29 is 13.9 Å². The molecule has 8 heteroatoms. The monoisotopic (exact) mass is 361 g/mol. The second kappa shape index (κ2) is 6.60. The largest absolute Gasteiger partial charge is 0.495 e. The maximum absolute atomic E-state index is 12.5. The minimum absolute atomic E-state index is 0.172. The summed E-state index contributed by atoms with van der Waals surface area (Å²) >= 11 is 6.03. The summed E-state index contributed by atoms with van der Waals surface area (Å²) < 4.78 is 11.7. The molecule has 0 aliphatic rings.